The molecule has 2 heterocycles. The third kappa shape index (κ3) is 0.868. The number of nitrogens with two attached hydrogens (primary N) is 1. The molecule has 0 radical (unpaired) electrons. The molecule has 0 aromatic heterocycles. The van der Waals surface area contributed by atoms with Crippen LogP contribution in [0.25, 0.3) is 0 Å². The Morgan fingerprint density at radius 1 is 1.10 bits per heavy atom. The third-order valence-electron chi connectivity index (χ3n) is 2.21. The van der Waals surface area contributed by atoms with Crippen LogP contribution in [0.5, 0.6) is 0 Å². The SMILES string of the molecule is CN1CC2=C(C1)CN(N)C2. The van der Waals surface area contributed by atoms with Crippen molar-refractivity contribution in [2.75, 3.05) is 33.2 Å². The Morgan fingerprint density at radius 2 is 1.60 bits per heavy atom. The van der Waals surface area contributed by atoms with Gasteiger partial charge in [-0.05, 0) is 18.2 Å². The molecular weight excluding hydrogens is 126 g/mol. The number of hydrogen-bond donors (Lipinski definition) is 1. The maximum Gasteiger partial charge on any atom is 0.0358 e. The van der Waals surface area contributed by atoms with Crippen LogP contribution < -0.4 is 5.84 Å². The summed E-state index contributed by atoms with van der Waals surface area (Å²) in [6, 6.07) is 0. The van der Waals surface area contributed by atoms with Crippen LogP contribution in [-0.2, 0) is 0 Å². The van der Waals surface area contributed by atoms with Gasteiger partial charge in [-0.1, -0.05) is 0 Å². The van der Waals surface area contributed by atoms with Gasteiger partial charge in [0.25, 0.3) is 0 Å². The van der Waals surface area contributed by atoms with Crippen LogP contribution >= 0.6 is 0 Å². The largest absolute Gasteiger partial charge is 0.298 e. The maximum atomic E-state index is 5.64. The minimum absolute atomic E-state index is 0.986. The van der Waals surface area contributed by atoms with E-state index >= 15 is 0 Å². The van der Waals surface area contributed by atoms with Gasteiger partial charge in [-0.3, -0.25) is 10.7 Å². The van der Waals surface area contributed by atoms with Crippen LogP contribution in [-0.4, -0.2) is 43.1 Å². The van der Waals surface area contributed by atoms with E-state index in [0.717, 1.165) is 26.2 Å². The number of hydrogen-bond acceptors (Lipinski definition) is 3. The highest BCUT2D eigenvalue weighted by atomic mass is 15.4. The summed E-state index contributed by atoms with van der Waals surface area (Å²) in [5.41, 5.74) is 3.09. The molecule has 2 aliphatic heterocycles. The fourth-order valence-electron chi connectivity index (χ4n) is 1.80. The van der Waals surface area contributed by atoms with E-state index in [1.165, 1.54) is 0 Å². The predicted octanol–water partition coefficient (Wildman–Crippen LogP) is -0.582. The van der Waals surface area contributed by atoms with Crippen molar-refractivity contribution in [1.82, 2.24) is 9.91 Å². The van der Waals surface area contributed by atoms with E-state index in [0.29, 0.717) is 0 Å². The Kier molecular flexibility index (Phi) is 1.30. The first-order valence-corrected chi connectivity index (χ1v) is 3.63. The molecule has 0 aliphatic carbocycles. The molecule has 0 fully saturated rings. The van der Waals surface area contributed by atoms with Crippen LogP contribution in [0.15, 0.2) is 11.1 Å². The van der Waals surface area contributed by atoms with Crippen molar-refractivity contribution in [3.8, 4) is 0 Å². The van der Waals surface area contributed by atoms with Gasteiger partial charge >= 0.3 is 0 Å². The second-order valence-electron chi connectivity index (χ2n) is 3.28. The summed E-state index contributed by atoms with van der Waals surface area (Å²) in [7, 11) is 2.15. The molecule has 0 spiro atoms. The van der Waals surface area contributed by atoms with Gasteiger partial charge in [0.05, 0.1) is 0 Å². The van der Waals surface area contributed by atoms with Gasteiger partial charge in [0.1, 0.15) is 0 Å². The van der Waals surface area contributed by atoms with Gasteiger partial charge in [-0.2, -0.15) is 0 Å². The Morgan fingerprint density at radius 3 is 2.10 bits per heavy atom. The minimum Gasteiger partial charge on any atom is -0.298 e. The Hall–Kier alpha value is -0.380. The summed E-state index contributed by atoms with van der Waals surface area (Å²) >= 11 is 0. The van der Waals surface area contributed by atoms with Gasteiger partial charge in [0, 0.05) is 26.2 Å². The van der Waals surface area contributed by atoms with Gasteiger partial charge in [-0.15, -0.1) is 0 Å². The van der Waals surface area contributed by atoms with Crippen molar-refractivity contribution < 1.29 is 0 Å². The monoisotopic (exact) mass is 139 g/mol. The molecular formula is C7H13N3. The van der Waals surface area contributed by atoms with Crippen LogP contribution in [0.1, 0.15) is 0 Å². The van der Waals surface area contributed by atoms with E-state index < -0.39 is 0 Å². The first-order valence-electron chi connectivity index (χ1n) is 3.63. The highest BCUT2D eigenvalue weighted by Gasteiger charge is 2.25. The Labute approximate surface area is 61.1 Å². The normalized spacial score (nSPS) is 28.2. The number of likely N-dealkylation sites (N-methyl/N-ethyl adjacent to an activating group) is 1. The minimum atomic E-state index is 0.986. The first kappa shape index (κ1) is 6.34. The molecule has 56 valence electrons. The molecule has 0 atom stereocenters. The molecule has 10 heavy (non-hydrogen) atoms. The zero-order valence-electron chi connectivity index (χ0n) is 6.30. The lowest BCUT2D eigenvalue weighted by Crippen LogP contribution is -2.32. The highest BCUT2D eigenvalue weighted by Crippen LogP contribution is 2.21. The molecule has 0 saturated carbocycles. The Bertz CT molecular complexity index is 149. The van der Waals surface area contributed by atoms with Crippen molar-refractivity contribution in [3.63, 3.8) is 0 Å². The summed E-state index contributed by atoms with van der Waals surface area (Å²) in [6.45, 7) is 4.23. The molecule has 3 nitrogen and oxygen atoms in total. The first-order chi connectivity index (χ1) is 4.75. The van der Waals surface area contributed by atoms with Crippen LogP contribution in [0.4, 0.5) is 0 Å². The van der Waals surface area contributed by atoms with E-state index in [9.17, 15) is 0 Å². The van der Waals surface area contributed by atoms with Crippen molar-refractivity contribution >= 4 is 0 Å². The van der Waals surface area contributed by atoms with Gasteiger partial charge in [0.2, 0.25) is 0 Å². The summed E-state index contributed by atoms with van der Waals surface area (Å²) in [6.07, 6.45) is 0. The van der Waals surface area contributed by atoms with Gasteiger partial charge in [0.15, 0.2) is 0 Å². The number of rotatable bonds is 0. The van der Waals surface area contributed by atoms with Crippen LogP contribution in [0, 0.1) is 0 Å². The molecule has 2 N–H and O–H groups in total. The van der Waals surface area contributed by atoms with E-state index in [-0.39, 0.29) is 0 Å². The molecule has 0 saturated heterocycles. The summed E-state index contributed by atoms with van der Waals surface area (Å²) in [5.74, 6) is 5.64. The van der Waals surface area contributed by atoms with Crippen molar-refractivity contribution in [1.29, 1.82) is 0 Å². The predicted molar refractivity (Wildman–Crippen MR) is 40.3 cm³/mol. The molecule has 2 rings (SSSR count). The fourth-order valence-corrected chi connectivity index (χ4v) is 1.80. The summed E-state index contributed by atoms with van der Waals surface area (Å²) in [5, 5.41) is 1.89. The van der Waals surface area contributed by atoms with Gasteiger partial charge < -0.3 is 0 Å². The molecule has 3 heteroatoms. The lowest BCUT2D eigenvalue weighted by atomic mass is 10.2. The lowest BCUT2D eigenvalue weighted by molar-refractivity contribution is 0.322. The summed E-state index contributed by atoms with van der Waals surface area (Å²) in [4.78, 5) is 2.33. The molecule has 0 aromatic rings. The lowest BCUT2D eigenvalue weighted by Gasteiger charge is -2.14. The zero-order valence-corrected chi connectivity index (χ0v) is 6.30. The summed E-state index contributed by atoms with van der Waals surface area (Å²) < 4.78 is 0. The van der Waals surface area contributed by atoms with Crippen LogP contribution in [0.3, 0.4) is 0 Å². The quantitative estimate of drug-likeness (QED) is 0.360. The number of hydrazine groups is 1. The molecule has 0 amide bonds. The van der Waals surface area contributed by atoms with E-state index in [1.807, 2.05) is 5.01 Å². The maximum absolute atomic E-state index is 5.64. The smallest absolute Gasteiger partial charge is 0.0358 e. The highest BCUT2D eigenvalue weighted by molar-refractivity contribution is 5.29. The number of nitrogens with zero attached hydrogens (tertiary/aromatic N) is 2. The van der Waals surface area contributed by atoms with E-state index in [4.69, 9.17) is 5.84 Å². The van der Waals surface area contributed by atoms with Crippen molar-refractivity contribution in [3.05, 3.63) is 11.1 Å². The van der Waals surface area contributed by atoms with E-state index in [1.54, 1.807) is 11.1 Å². The molecule has 2 aliphatic rings. The van der Waals surface area contributed by atoms with Gasteiger partial charge in [-0.25, -0.2) is 5.01 Å². The second kappa shape index (κ2) is 2.05. The fraction of sp³-hybridized carbons (Fsp3) is 0.714. The van der Waals surface area contributed by atoms with Crippen molar-refractivity contribution in [2.45, 2.75) is 0 Å². The molecule has 0 aromatic carbocycles. The zero-order chi connectivity index (χ0) is 7.14. The average Bonchev–Trinajstić information content (AvgIpc) is 2.21. The molecule has 0 unspecified atom stereocenters. The second-order valence-corrected chi connectivity index (χ2v) is 3.28. The average molecular weight is 139 g/mol. The molecule has 0 bridgehead atoms. The van der Waals surface area contributed by atoms with Crippen LogP contribution in [0.2, 0.25) is 0 Å². The Balaban J connectivity index is 2.09. The third-order valence-corrected chi connectivity index (χ3v) is 2.21. The topological polar surface area (TPSA) is 32.5 Å². The van der Waals surface area contributed by atoms with E-state index in [2.05, 4.69) is 11.9 Å². The van der Waals surface area contributed by atoms with Crippen molar-refractivity contribution in [2.24, 2.45) is 5.84 Å². The standard InChI is InChI=1S/C7H13N3/c1-9-2-6-4-10(8)5-7(6)3-9/h2-5,8H2,1H3.